The molecule has 3 N–H and O–H groups in total. The van der Waals surface area contributed by atoms with Gasteiger partial charge in [0.1, 0.15) is 11.5 Å². The van der Waals surface area contributed by atoms with E-state index in [1.807, 2.05) is 0 Å². The number of fused-ring (bicyclic) bond motifs is 1. The van der Waals surface area contributed by atoms with Crippen LogP contribution in [0.15, 0.2) is 35.6 Å². The number of amidine groups is 1. The zero-order chi connectivity index (χ0) is 22.4. The van der Waals surface area contributed by atoms with Gasteiger partial charge in [-0.05, 0) is 18.2 Å². The van der Waals surface area contributed by atoms with Crippen molar-refractivity contribution in [3.8, 4) is 0 Å². The van der Waals surface area contributed by atoms with E-state index in [1.54, 1.807) is 0 Å². The van der Waals surface area contributed by atoms with Gasteiger partial charge >= 0.3 is 6.18 Å². The molecule has 2 aliphatic heterocycles. The van der Waals surface area contributed by atoms with Gasteiger partial charge in [-0.25, -0.2) is 23.7 Å². The molecule has 1 amide bonds. The molecule has 0 bridgehead atoms. The van der Waals surface area contributed by atoms with Gasteiger partial charge in [0.05, 0.1) is 25.6 Å². The molecule has 7 nitrogen and oxygen atoms in total. The summed E-state index contributed by atoms with van der Waals surface area (Å²) in [7, 11) is 0. The molecule has 0 saturated carbocycles. The van der Waals surface area contributed by atoms with Crippen molar-refractivity contribution in [3.63, 3.8) is 0 Å². The van der Waals surface area contributed by atoms with Gasteiger partial charge in [0, 0.05) is 17.0 Å². The van der Waals surface area contributed by atoms with E-state index in [1.165, 1.54) is 12.1 Å². The number of halogens is 5. The second-order valence-corrected chi connectivity index (χ2v) is 7.99. The van der Waals surface area contributed by atoms with Crippen LogP contribution in [0.5, 0.6) is 0 Å². The number of nitrogens with zero attached hydrogens (tertiary/aromatic N) is 3. The summed E-state index contributed by atoms with van der Waals surface area (Å²) in [4.78, 5) is 23.1. The lowest BCUT2D eigenvalue weighted by Gasteiger charge is -2.38. The number of nitrogens with two attached hydrogens (primary N) is 1. The van der Waals surface area contributed by atoms with Crippen LogP contribution in [0.3, 0.4) is 0 Å². The van der Waals surface area contributed by atoms with Crippen LogP contribution in [0, 0.1) is 5.82 Å². The SMILES string of the molecule is NC1=N[C@@]2(c3cc(NC(=O)c4cnc(C(F)(F)F)cn4)ccc3F)COC[C@@]2(F)CS1. The van der Waals surface area contributed by atoms with Crippen molar-refractivity contribution in [2.75, 3.05) is 24.3 Å². The normalized spacial score (nSPS) is 25.6. The van der Waals surface area contributed by atoms with Crippen LogP contribution in [0.2, 0.25) is 0 Å². The van der Waals surface area contributed by atoms with Crippen LogP contribution in [-0.4, -0.2) is 45.7 Å². The molecule has 2 atom stereocenters. The van der Waals surface area contributed by atoms with Gasteiger partial charge in [0.15, 0.2) is 22.1 Å². The Morgan fingerprint density at radius 3 is 2.68 bits per heavy atom. The molecule has 1 aromatic carbocycles. The summed E-state index contributed by atoms with van der Waals surface area (Å²) in [6.07, 6.45) is -3.60. The standard InChI is InChI=1S/C18H14F5N5O2S/c19-11-2-1-9(27-14(29)12-4-26-13(5-25-12)18(21,22)23)3-10(11)17-7-30-6-16(17,20)8-31-15(24)28-17/h1-5H,6-8H2,(H2,24,28)(H,27,29)/t16-,17-/m1/s1. The number of carbonyl (C=O) groups excluding carboxylic acids is 1. The van der Waals surface area contributed by atoms with Crippen LogP contribution in [0.4, 0.5) is 27.6 Å². The molecule has 1 aromatic heterocycles. The number of nitrogens with one attached hydrogen (secondary N) is 1. The Labute approximate surface area is 176 Å². The van der Waals surface area contributed by atoms with Crippen LogP contribution in [0.25, 0.3) is 0 Å². The highest BCUT2D eigenvalue weighted by Gasteiger charge is 2.61. The Balaban J connectivity index is 1.64. The summed E-state index contributed by atoms with van der Waals surface area (Å²) in [5.74, 6) is -1.74. The maximum atomic E-state index is 15.6. The predicted molar refractivity (Wildman–Crippen MR) is 102 cm³/mol. The lowest BCUT2D eigenvalue weighted by molar-refractivity contribution is -0.141. The average molecular weight is 459 g/mol. The zero-order valence-corrected chi connectivity index (χ0v) is 16.4. The summed E-state index contributed by atoms with van der Waals surface area (Å²) in [5, 5.41) is 2.46. The molecule has 3 heterocycles. The quantitative estimate of drug-likeness (QED) is 0.685. The molecule has 2 aliphatic rings. The fourth-order valence-corrected chi connectivity index (χ4v) is 4.32. The number of ether oxygens (including phenoxy) is 1. The molecule has 1 saturated heterocycles. The van der Waals surface area contributed by atoms with Crippen molar-refractivity contribution in [2.45, 2.75) is 17.4 Å². The van der Waals surface area contributed by atoms with Gasteiger partial charge in [0.25, 0.3) is 5.91 Å². The number of amides is 1. The number of rotatable bonds is 3. The van der Waals surface area contributed by atoms with E-state index < -0.39 is 40.5 Å². The number of hydrogen-bond donors (Lipinski definition) is 2. The second kappa shape index (κ2) is 7.41. The lowest BCUT2D eigenvalue weighted by Crippen LogP contribution is -2.52. The highest BCUT2D eigenvalue weighted by atomic mass is 32.2. The molecule has 0 spiro atoms. The van der Waals surface area contributed by atoms with Crippen molar-refractivity contribution in [1.82, 2.24) is 9.97 Å². The highest BCUT2D eigenvalue weighted by molar-refractivity contribution is 8.13. The number of alkyl halides is 4. The topological polar surface area (TPSA) is 102 Å². The maximum Gasteiger partial charge on any atom is 0.434 e. The fraction of sp³-hybridized carbons (Fsp3) is 0.333. The van der Waals surface area contributed by atoms with Crippen molar-refractivity contribution in [1.29, 1.82) is 0 Å². The number of hydrogen-bond acceptors (Lipinski definition) is 7. The lowest BCUT2D eigenvalue weighted by atomic mass is 9.79. The first-order valence-electron chi connectivity index (χ1n) is 8.79. The molecule has 164 valence electrons. The van der Waals surface area contributed by atoms with Crippen molar-refractivity contribution in [3.05, 3.63) is 53.4 Å². The summed E-state index contributed by atoms with van der Waals surface area (Å²) in [5.41, 5.74) is 0.283. The van der Waals surface area contributed by atoms with Crippen LogP contribution >= 0.6 is 11.8 Å². The second-order valence-electron chi connectivity index (χ2n) is 6.99. The number of aliphatic imine (C=N–C) groups is 1. The summed E-state index contributed by atoms with van der Waals surface area (Å²) < 4.78 is 73.3. The van der Waals surface area contributed by atoms with Gasteiger partial charge < -0.3 is 15.8 Å². The summed E-state index contributed by atoms with van der Waals surface area (Å²) in [6, 6.07) is 3.43. The number of anilines is 1. The highest BCUT2D eigenvalue weighted by Crippen LogP contribution is 2.50. The average Bonchev–Trinajstić information content (AvgIpc) is 3.06. The minimum Gasteiger partial charge on any atom is -0.379 e. The van der Waals surface area contributed by atoms with Crippen molar-refractivity contribution < 1.29 is 31.5 Å². The molecule has 0 aliphatic carbocycles. The molecule has 1 fully saturated rings. The third kappa shape index (κ3) is 3.71. The van der Waals surface area contributed by atoms with E-state index in [-0.39, 0.29) is 35.4 Å². The molecule has 4 rings (SSSR count). The van der Waals surface area contributed by atoms with E-state index in [2.05, 4.69) is 20.3 Å². The molecule has 0 radical (unpaired) electrons. The number of aromatic nitrogens is 2. The first-order valence-corrected chi connectivity index (χ1v) is 9.78. The largest absolute Gasteiger partial charge is 0.434 e. The van der Waals surface area contributed by atoms with Gasteiger partial charge in [-0.15, -0.1) is 0 Å². The van der Waals surface area contributed by atoms with Crippen LogP contribution in [-0.2, 0) is 16.5 Å². The first kappa shape index (κ1) is 21.4. The van der Waals surface area contributed by atoms with E-state index in [0.717, 1.165) is 17.8 Å². The van der Waals surface area contributed by atoms with Gasteiger partial charge in [-0.3, -0.25) is 4.79 Å². The number of thioether (sulfide) groups is 1. The Morgan fingerprint density at radius 1 is 1.23 bits per heavy atom. The van der Waals surface area contributed by atoms with E-state index in [9.17, 15) is 22.4 Å². The molecule has 13 heteroatoms. The Kier molecular flexibility index (Phi) is 5.12. The third-order valence-corrected chi connectivity index (χ3v) is 5.97. The minimum absolute atomic E-state index is 0.0544. The summed E-state index contributed by atoms with van der Waals surface area (Å²) >= 11 is 0.993. The smallest absolute Gasteiger partial charge is 0.379 e. The maximum absolute atomic E-state index is 15.6. The van der Waals surface area contributed by atoms with Crippen LogP contribution in [0.1, 0.15) is 21.7 Å². The van der Waals surface area contributed by atoms with Crippen molar-refractivity contribution >= 4 is 28.5 Å². The Morgan fingerprint density at radius 2 is 2.00 bits per heavy atom. The molecule has 31 heavy (non-hydrogen) atoms. The Bertz CT molecular complexity index is 1060. The van der Waals surface area contributed by atoms with Gasteiger partial charge in [-0.2, -0.15) is 13.2 Å². The van der Waals surface area contributed by atoms with Crippen LogP contribution < -0.4 is 11.1 Å². The first-order chi connectivity index (χ1) is 14.5. The van der Waals surface area contributed by atoms with E-state index in [0.29, 0.717) is 12.4 Å². The van der Waals surface area contributed by atoms with Crippen molar-refractivity contribution in [2.24, 2.45) is 10.7 Å². The monoisotopic (exact) mass is 459 g/mol. The van der Waals surface area contributed by atoms with E-state index >= 15 is 4.39 Å². The predicted octanol–water partition coefficient (Wildman–Crippen LogP) is 2.88. The zero-order valence-electron chi connectivity index (χ0n) is 15.5. The molecular weight excluding hydrogens is 445 g/mol. The third-order valence-electron chi connectivity index (χ3n) is 4.98. The minimum atomic E-state index is -4.70. The summed E-state index contributed by atoms with van der Waals surface area (Å²) in [6.45, 7) is -0.544. The number of benzene rings is 1. The van der Waals surface area contributed by atoms with Gasteiger partial charge in [0.2, 0.25) is 0 Å². The molecular formula is C18H14F5N5O2S. The van der Waals surface area contributed by atoms with Gasteiger partial charge in [-0.1, -0.05) is 11.8 Å². The van der Waals surface area contributed by atoms with E-state index in [4.69, 9.17) is 10.5 Å². The number of carbonyl (C=O) groups is 1. The molecule has 0 unspecified atom stereocenters. The Hall–Kier alpha value is -2.80. The fourth-order valence-electron chi connectivity index (χ4n) is 3.40. The molecule has 2 aromatic rings.